The Labute approximate surface area is 115 Å². The van der Waals surface area contributed by atoms with Crippen molar-refractivity contribution in [3.05, 3.63) is 29.8 Å². The molecule has 1 aromatic rings. The van der Waals surface area contributed by atoms with Gasteiger partial charge >= 0.3 is 0 Å². The molecule has 0 radical (unpaired) electrons. The van der Waals surface area contributed by atoms with E-state index in [1.54, 1.807) is 7.11 Å². The van der Waals surface area contributed by atoms with Crippen molar-refractivity contribution in [2.24, 2.45) is 0 Å². The summed E-state index contributed by atoms with van der Waals surface area (Å²) in [5.74, 6) is -0.0218. The zero-order valence-corrected chi connectivity index (χ0v) is 12.0. The largest absolute Gasteiger partial charge is 0.383 e. The van der Waals surface area contributed by atoms with Gasteiger partial charge in [0.15, 0.2) is 0 Å². The van der Waals surface area contributed by atoms with Crippen LogP contribution in [0.5, 0.6) is 0 Å². The van der Waals surface area contributed by atoms with Crippen molar-refractivity contribution in [2.75, 3.05) is 25.6 Å². The maximum atomic E-state index is 11.9. The van der Waals surface area contributed by atoms with Crippen molar-refractivity contribution >= 4 is 11.6 Å². The van der Waals surface area contributed by atoms with Gasteiger partial charge in [-0.1, -0.05) is 31.5 Å². The lowest BCUT2D eigenvalue weighted by atomic mass is 10.2. The van der Waals surface area contributed by atoms with Crippen LogP contribution in [0.25, 0.3) is 0 Å². The molecule has 0 aliphatic carbocycles. The van der Waals surface area contributed by atoms with Gasteiger partial charge in [0.2, 0.25) is 5.91 Å². The van der Waals surface area contributed by atoms with Crippen LogP contribution < -0.4 is 10.6 Å². The molecule has 0 fully saturated rings. The monoisotopic (exact) mass is 264 g/mol. The Hall–Kier alpha value is -1.39. The van der Waals surface area contributed by atoms with Gasteiger partial charge in [-0.2, -0.15) is 0 Å². The van der Waals surface area contributed by atoms with Gasteiger partial charge in [0, 0.05) is 18.8 Å². The van der Waals surface area contributed by atoms with Crippen molar-refractivity contribution in [1.82, 2.24) is 5.32 Å². The second-order valence-corrected chi connectivity index (χ2v) is 4.68. The summed E-state index contributed by atoms with van der Waals surface area (Å²) >= 11 is 0. The first-order chi connectivity index (χ1) is 9.17. The first kappa shape index (κ1) is 15.7. The summed E-state index contributed by atoms with van der Waals surface area (Å²) in [5.41, 5.74) is 1.94. The van der Waals surface area contributed by atoms with Gasteiger partial charge in [-0.15, -0.1) is 0 Å². The van der Waals surface area contributed by atoms with Crippen LogP contribution >= 0.6 is 0 Å². The molecule has 0 spiro atoms. The van der Waals surface area contributed by atoms with E-state index in [1.165, 1.54) is 0 Å². The maximum Gasteiger partial charge on any atom is 0.238 e. The molecule has 1 aromatic carbocycles. The Morgan fingerprint density at radius 2 is 2.11 bits per heavy atom. The van der Waals surface area contributed by atoms with E-state index >= 15 is 0 Å². The van der Waals surface area contributed by atoms with Crippen LogP contribution in [0.1, 0.15) is 25.3 Å². The average Bonchev–Trinajstić information content (AvgIpc) is 2.39. The molecule has 1 unspecified atom stereocenters. The molecule has 1 amide bonds. The minimum atomic E-state index is -0.0218. The topological polar surface area (TPSA) is 50.4 Å². The highest BCUT2D eigenvalue weighted by atomic mass is 16.5. The number of nitrogens with one attached hydrogen (secondary N) is 2. The highest BCUT2D eigenvalue weighted by Crippen LogP contribution is 2.12. The van der Waals surface area contributed by atoms with E-state index in [2.05, 4.69) is 17.6 Å². The van der Waals surface area contributed by atoms with Crippen LogP contribution in [-0.2, 0) is 9.53 Å². The van der Waals surface area contributed by atoms with Crippen LogP contribution in [0.2, 0.25) is 0 Å². The van der Waals surface area contributed by atoms with Crippen LogP contribution in [-0.4, -0.2) is 32.2 Å². The van der Waals surface area contributed by atoms with E-state index in [4.69, 9.17) is 4.74 Å². The molecule has 19 heavy (non-hydrogen) atoms. The Morgan fingerprint density at radius 1 is 1.37 bits per heavy atom. The van der Waals surface area contributed by atoms with Gasteiger partial charge < -0.3 is 15.4 Å². The number of anilines is 1. The number of rotatable bonds is 8. The molecule has 0 saturated heterocycles. The van der Waals surface area contributed by atoms with Crippen LogP contribution in [0.15, 0.2) is 24.3 Å². The third kappa shape index (κ3) is 5.85. The normalized spacial score (nSPS) is 12.2. The summed E-state index contributed by atoms with van der Waals surface area (Å²) in [6, 6.07) is 8.00. The zero-order chi connectivity index (χ0) is 14.1. The fourth-order valence-corrected chi connectivity index (χ4v) is 1.94. The maximum absolute atomic E-state index is 11.9. The standard InChI is InChI=1S/C15H24N2O2/c1-4-7-13(11-19-3)16-10-15(18)17-14-9-6-5-8-12(14)2/h5-6,8-9,13,16H,4,7,10-11H2,1-3H3,(H,17,18). The van der Waals surface area contributed by atoms with Crippen LogP contribution in [0, 0.1) is 6.92 Å². The molecule has 4 heteroatoms. The van der Waals surface area contributed by atoms with E-state index in [0.29, 0.717) is 13.2 Å². The van der Waals surface area contributed by atoms with Crippen LogP contribution in [0.4, 0.5) is 5.69 Å². The number of ether oxygens (including phenoxy) is 1. The summed E-state index contributed by atoms with van der Waals surface area (Å²) < 4.78 is 5.13. The molecule has 0 saturated carbocycles. The minimum Gasteiger partial charge on any atom is -0.383 e. The molecule has 0 heterocycles. The summed E-state index contributed by atoms with van der Waals surface area (Å²) in [5, 5.41) is 6.13. The van der Waals surface area contributed by atoms with E-state index in [0.717, 1.165) is 24.1 Å². The molecule has 0 bridgehead atoms. The number of methoxy groups -OCH3 is 1. The lowest BCUT2D eigenvalue weighted by Gasteiger charge is -2.17. The predicted octanol–water partition coefficient (Wildman–Crippen LogP) is 2.34. The Balaban J connectivity index is 2.40. The molecule has 1 atom stereocenters. The van der Waals surface area contributed by atoms with Crippen molar-refractivity contribution in [2.45, 2.75) is 32.7 Å². The molecule has 0 aliphatic heterocycles. The molecule has 2 N–H and O–H groups in total. The van der Waals surface area contributed by atoms with Gasteiger partial charge in [0.25, 0.3) is 0 Å². The molecular weight excluding hydrogens is 240 g/mol. The number of hydrogen-bond acceptors (Lipinski definition) is 3. The summed E-state index contributed by atoms with van der Waals surface area (Å²) in [4.78, 5) is 11.9. The number of amides is 1. The quantitative estimate of drug-likeness (QED) is 0.757. The van der Waals surface area contributed by atoms with Gasteiger partial charge in [-0.05, 0) is 25.0 Å². The molecule has 0 aliphatic rings. The first-order valence-electron chi connectivity index (χ1n) is 6.75. The lowest BCUT2D eigenvalue weighted by molar-refractivity contribution is -0.115. The number of benzene rings is 1. The first-order valence-corrected chi connectivity index (χ1v) is 6.75. The number of aryl methyl sites for hydroxylation is 1. The van der Waals surface area contributed by atoms with Crippen molar-refractivity contribution in [3.63, 3.8) is 0 Å². The predicted molar refractivity (Wildman–Crippen MR) is 78.4 cm³/mol. The van der Waals surface area contributed by atoms with Crippen LogP contribution in [0.3, 0.4) is 0 Å². The Kier molecular flexibility index (Phi) is 7.15. The van der Waals surface area contributed by atoms with Gasteiger partial charge in [-0.25, -0.2) is 0 Å². The van der Waals surface area contributed by atoms with Gasteiger partial charge in [-0.3, -0.25) is 4.79 Å². The van der Waals surface area contributed by atoms with Gasteiger partial charge in [0.05, 0.1) is 13.2 Å². The van der Waals surface area contributed by atoms with Crippen molar-refractivity contribution in [1.29, 1.82) is 0 Å². The van der Waals surface area contributed by atoms with Crippen molar-refractivity contribution < 1.29 is 9.53 Å². The fraction of sp³-hybridized carbons (Fsp3) is 0.533. The zero-order valence-electron chi connectivity index (χ0n) is 12.0. The summed E-state index contributed by atoms with van der Waals surface area (Å²) in [6.07, 6.45) is 2.08. The summed E-state index contributed by atoms with van der Waals surface area (Å²) in [7, 11) is 1.68. The molecular formula is C15H24N2O2. The Bertz CT molecular complexity index is 387. The average molecular weight is 264 g/mol. The number of carbonyl (C=O) groups is 1. The molecule has 106 valence electrons. The third-order valence-corrected chi connectivity index (χ3v) is 2.98. The smallest absolute Gasteiger partial charge is 0.238 e. The second kappa shape index (κ2) is 8.67. The lowest BCUT2D eigenvalue weighted by Crippen LogP contribution is -2.38. The number of hydrogen-bond donors (Lipinski definition) is 2. The van der Waals surface area contributed by atoms with Crippen molar-refractivity contribution in [3.8, 4) is 0 Å². The number of carbonyl (C=O) groups excluding carboxylic acids is 1. The summed E-state index contributed by atoms with van der Waals surface area (Å²) in [6.45, 7) is 5.04. The molecule has 0 aromatic heterocycles. The van der Waals surface area contributed by atoms with E-state index in [-0.39, 0.29) is 11.9 Å². The number of para-hydroxylation sites is 1. The highest BCUT2D eigenvalue weighted by molar-refractivity contribution is 5.92. The highest BCUT2D eigenvalue weighted by Gasteiger charge is 2.09. The fourth-order valence-electron chi connectivity index (χ4n) is 1.94. The molecule has 1 rings (SSSR count). The SMILES string of the molecule is CCCC(COC)NCC(=O)Nc1ccccc1C. The van der Waals surface area contributed by atoms with E-state index in [9.17, 15) is 4.79 Å². The third-order valence-electron chi connectivity index (χ3n) is 2.98. The molecule has 4 nitrogen and oxygen atoms in total. The van der Waals surface area contributed by atoms with E-state index in [1.807, 2.05) is 31.2 Å². The Morgan fingerprint density at radius 3 is 2.74 bits per heavy atom. The minimum absolute atomic E-state index is 0.0218. The van der Waals surface area contributed by atoms with Gasteiger partial charge in [0.1, 0.15) is 0 Å². The van der Waals surface area contributed by atoms with E-state index < -0.39 is 0 Å². The second-order valence-electron chi connectivity index (χ2n) is 4.68.